The molecule has 0 radical (unpaired) electrons. The lowest BCUT2D eigenvalue weighted by molar-refractivity contribution is -0.144. The fourth-order valence-corrected chi connectivity index (χ4v) is 2.97. The lowest BCUT2D eigenvalue weighted by Crippen LogP contribution is -2.38. The molecule has 0 aromatic heterocycles. The van der Waals surface area contributed by atoms with Gasteiger partial charge < -0.3 is 0 Å². The molecule has 2 unspecified atom stereocenters. The Hall–Kier alpha value is -2.05. The number of carbonyl (C=O) groups is 5. The molecule has 2 heterocycles. The Balaban J connectivity index is 1.88. The summed E-state index contributed by atoms with van der Waals surface area (Å²) in [6.45, 7) is 5.17. The molecule has 2 rings (SSSR count). The first kappa shape index (κ1) is 17.3. The van der Waals surface area contributed by atoms with Crippen molar-refractivity contribution in [3.05, 3.63) is 0 Å². The van der Waals surface area contributed by atoms with Gasteiger partial charge in [0.05, 0.1) is 6.54 Å². The molecule has 0 aromatic carbocycles. The zero-order valence-electron chi connectivity index (χ0n) is 13.7. The normalized spacial score (nSPS) is 25.2. The summed E-state index contributed by atoms with van der Waals surface area (Å²) in [4.78, 5) is 61.5. The molecular weight excluding hydrogens is 300 g/mol. The average molecular weight is 322 g/mol. The molecule has 0 saturated carbocycles. The highest BCUT2D eigenvalue weighted by atomic mass is 16.2. The zero-order valence-corrected chi connectivity index (χ0v) is 13.7. The number of hydrogen-bond acceptors (Lipinski definition) is 5. The Morgan fingerprint density at radius 2 is 1.65 bits per heavy atom. The summed E-state index contributed by atoms with van der Waals surface area (Å²) in [5.74, 6) is -2.13. The third kappa shape index (κ3) is 3.48. The molecule has 0 spiro atoms. The second kappa shape index (κ2) is 6.60. The first-order valence-corrected chi connectivity index (χ1v) is 7.92. The molecule has 2 aliphatic rings. The van der Waals surface area contributed by atoms with E-state index in [4.69, 9.17) is 0 Å². The number of amides is 4. The summed E-state index contributed by atoms with van der Waals surface area (Å²) in [6, 6.07) is 0. The van der Waals surface area contributed by atoms with Crippen molar-refractivity contribution < 1.29 is 24.0 Å². The minimum Gasteiger partial charge on any atom is -0.298 e. The summed E-state index contributed by atoms with van der Waals surface area (Å²) in [7, 11) is 0. The SMILES string of the molecule is CC1CC(=O)N(CC(=O)CCN2C(=O)CC(C(C)C)C2=O)C1=O. The highest BCUT2D eigenvalue weighted by Crippen LogP contribution is 2.26. The van der Waals surface area contributed by atoms with E-state index < -0.39 is 0 Å². The lowest BCUT2D eigenvalue weighted by Gasteiger charge is -2.17. The number of hydrogen-bond donors (Lipinski definition) is 0. The van der Waals surface area contributed by atoms with Crippen LogP contribution in [0.5, 0.6) is 0 Å². The van der Waals surface area contributed by atoms with Crippen molar-refractivity contribution in [2.24, 2.45) is 17.8 Å². The number of Topliss-reactive ketones (excluding diaryl/α,β-unsaturated/α-hetero) is 1. The maximum absolute atomic E-state index is 12.1. The van der Waals surface area contributed by atoms with Gasteiger partial charge in [-0.3, -0.25) is 33.8 Å². The average Bonchev–Trinajstić information content (AvgIpc) is 2.88. The maximum atomic E-state index is 12.1. The van der Waals surface area contributed by atoms with E-state index in [-0.39, 0.29) is 79.5 Å². The van der Waals surface area contributed by atoms with Gasteiger partial charge in [-0.05, 0) is 5.92 Å². The van der Waals surface area contributed by atoms with Gasteiger partial charge in [0.2, 0.25) is 23.6 Å². The van der Waals surface area contributed by atoms with Crippen LogP contribution >= 0.6 is 0 Å². The van der Waals surface area contributed by atoms with Crippen molar-refractivity contribution in [3.63, 3.8) is 0 Å². The summed E-state index contributed by atoms with van der Waals surface area (Å²) in [6.07, 6.45) is 0.282. The molecule has 7 nitrogen and oxygen atoms in total. The molecule has 23 heavy (non-hydrogen) atoms. The van der Waals surface area contributed by atoms with Crippen LogP contribution in [-0.2, 0) is 24.0 Å². The smallest absolute Gasteiger partial charge is 0.233 e. The molecular formula is C16H22N2O5. The minimum absolute atomic E-state index is 0.0193. The van der Waals surface area contributed by atoms with Gasteiger partial charge in [0.1, 0.15) is 0 Å². The molecule has 2 fully saturated rings. The topological polar surface area (TPSA) is 91.8 Å². The van der Waals surface area contributed by atoms with Crippen LogP contribution in [0.2, 0.25) is 0 Å². The molecule has 2 atom stereocenters. The van der Waals surface area contributed by atoms with Crippen molar-refractivity contribution in [2.45, 2.75) is 40.0 Å². The molecule has 0 N–H and O–H groups in total. The molecule has 0 bridgehead atoms. The molecule has 7 heteroatoms. The Labute approximate surface area is 135 Å². The van der Waals surface area contributed by atoms with E-state index in [1.807, 2.05) is 13.8 Å². The summed E-state index contributed by atoms with van der Waals surface area (Å²) < 4.78 is 0. The van der Waals surface area contributed by atoms with Crippen LogP contribution in [0.15, 0.2) is 0 Å². The quantitative estimate of drug-likeness (QED) is 0.659. The van der Waals surface area contributed by atoms with Crippen molar-refractivity contribution in [1.29, 1.82) is 0 Å². The van der Waals surface area contributed by atoms with Gasteiger partial charge in [-0.1, -0.05) is 20.8 Å². The van der Waals surface area contributed by atoms with Crippen molar-refractivity contribution in [1.82, 2.24) is 9.80 Å². The van der Waals surface area contributed by atoms with E-state index in [1.54, 1.807) is 6.92 Å². The monoisotopic (exact) mass is 322 g/mol. The maximum Gasteiger partial charge on any atom is 0.233 e. The Bertz CT molecular complexity index is 569. The number of likely N-dealkylation sites (tertiary alicyclic amines) is 2. The van der Waals surface area contributed by atoms with Gasteiger partial charge in [-0.25, -0.2) is 0 Å². The van der Waals surface area contributed by atoms with Crippen LogP contribution in [0.3, 0.4) is 0 Å². The summed E-state index contributed by atoms with van der Waals surface area (Å²) in [5.41, 5.74) is 0. The molecule has 0 aromatic rings. The van der Waals surface area contributed by atoms with Gasteiger partial charge in [0.25, 0.3) is 0 Å². The van der Waals surface area contributed by atoms with Crippen LogP contribution in [-0.4, -0.2) is 52.3 Å². The molecule has 2 aliphatic heterocycles. The van der Waals surface area contributed by atoms with Crippen molar-refractivity contribution >= 4 is 29.4 Å². The Morgan fingerprint density at radius 3 is 2.13 bits per heavy atom. The van der Waals surface area contributed by atoms with Gasteiger partial charge in [0.15, 0.2) is 5.78 Å². The fourth-order valence-electron chi connectivity index (χ4n) is 2.97. The van der Waals surface area contributed by atoms with Crippen LogP contribution in [0, 0.1) is 17.8 Å². The van der Waals surface area contributed by atoms with Crippen LogP contribution < -0.4 is 0 Å². The van der Waals surface area contributed by atoms with Crippen LogP contribution in [0.4, 0.5) is 0 Å². The standard InChI is InChI=1S/C16H22N2O5/c1-9(2)12-7-14(21)17(16(12)23)5-4-11(19)8-18-13(20)6-10(3)15(18)22/h9-10,12H,4-8H2,1-3H3. The predicted molar refractivity (Wildman–Crippen MR) is 79.8 cm³/mol. The molecule has 126 valence electrons. The number of rotatable bonds is 6. The van der Waals surface area contributed by atoms with Gasteiger partial charge in [0, 0.05) is 37.6 Å². The van der Waals surface area contributed by atoms with E-state index >= 15 is 0 Å². The molecule has 4 amide bonds. The number of carbonyl (C=O) groups excluding carboxylic acids is 5. The van der Waals surface area contributed by atoms with E-state index in [1.165, 1.54) is 0 Å². The first-order chi connectivity index (χ1) is 10.7. The van der Waals surface area contributed by atoms with Crippen molar-refractivity contribution in [3.8, 4) is 0 Å². The number of nitrogens with zero attached hydrogens (tertiary/aromatic N) is 2. The third-order valence-corrected chi connectivity index (χ3v) is 4.50. The van der Waals surface area contributed by atoms with E-state index in [0.717, 1.165) is 9.80 Å². The lowest BCUT2D eigenvalue weighted by atomic mass is 9.94. The fraction of sp³-hybridized carbons (Fsp3) is 0.688. The van der Waals surface area contributed by atoms with Gasteiger partial charge >= 0.3 is 0 Å². The molecule has 0 aliphatic carbocycles. The highest BCUT2D eigenvalue weighted by Gasteiger charge is 2.40. The minimum atomic E-state index is -0.385. The van der Waals surface area contributed by atoms with Crippen LogP contribution in [0.1, 0.15) is 40.0 Å². The Kier molecular flexibility index (Phi) is 4.97. The second-order valence-electron chi connectivity index (χ2n) is 6.65. The van der Waals surface area contributed by atoms with Gasteiger partial charge in [-0.2, -0.15) is 0 Å². The third-order valence-electron chi connectivity index (χ3n) is 4.50. The second-order valence-corrected chi connectivity index (χ2v) is 6.65. The van der Waals surface area contributed by atoms with E-state index in [0.29, 0.717) is 0 Å². The highest BCUT2D eigenvalue weighted by molar-refractivity contribution is 6.06. The summed E-state index contributed by atoms with van der Waals surface area (Å²) in [5, 5.41) is 0. The van der Waals surface area contributed by atoms with E-state index in [9.17, 15) is 24.0 Å². The predicted octanol–water partition coefficient (Wildman–Crippen LogP) is 0.372. The largest absolute Gasteiger partial charge is 0.298 e. The summed E-state index contributed by atoms with van der Waals surface area (Å²) >= 11 is 0. The zero-order chi connectivity index (χ0) is 17.3. The molecule has 2 saturated heterocycles. The van der Waals surface area contributed by atoms with Crippen molar-refractivity contribution in [2.75, 3.05) is 13.1 Å². The van der Waals surface area contributed by atoms with E-state index in [2.05, 4.69) is 0 Å². The van der Waals surface area contributed by atoms with Gasteiger partial charge in [-0.15, -0.1) is 0 Å². The van der Waals surface area contributed by atoms with Crippen LogP contribution in [0.25, 0.3) is 0 Å². The number of ketones is 1. The number of imide groups is 2. The first-order valence-electron chi connectivity index (χ1n) is 7.92. The Morgan fingerprint density at radius 1 is 1.04 bits per heavy atom.